The second kappa shape index (κ2) is 10.6. The molecule has 6 nitrogen and oxygen atoms in total. The molecule has 2 saturated heterocycles. The summed E-state index contributed by atoms with van der Waals surface area (Å²) in [6.07, 6.45) is 7.63. The van der Waals surface area contributed by atoms with Gasteiger partial charge in [-0.15, -0.1) is 0 Å². The maximum atomic E-state index is 12.9. The van der Waals surface area contributed by atoms with Gasteiger partial charge in [0.1, 0.15) is 12.4 Å². The van der Waals surface area contributed by atoms with Crippen LogP contribution < -0.4 is 4.74 Å². The summed E-state index contributed by atoms with van der Waals surface area (Å²) in [6.45, 7) is 5.94. The van der Waals surface area contributed by atoms with Gasteiger partial charge in [-0.3, -0.25) is 9.69 Å². The van der Waals surface area contributed by atoms with Gasteiger partial charge in [0, 0.05) is 26.2 Å². The molecule has 1 amide bonds. The Bertz CT molecular complexity index is 763. The van der Waals surface area contributed by atoms with Gasteiger partial charge in [-0.25, -0.2) is 0 Å². The lowest BCUT2D eigenvalue weighted by Gasteiger charge is -2.26. The molecule has 0 saturated carbocycles. The molecule has 0 spiro atoms. The molecule has 4 rings (SSSR count). The van der Waals surface area contributed by atoms with Crippen molar-refractivity contribution in [2.24, 2.45) is 0 Å². The Kier molecular flexibility index (Phi) is 7.43. The topological polar surface area (TPSA) is 55.2 Å². The van der Waals surface area contributed by atoms with Gasteiger partial charge in [-0.05, 0) is 68.6 Å². The first kappa shape index (κ1) is 20.9. The van der Waals surface area contributed by atoms with Crippen LogP contribution in [0, 0.1) is 0 Å². The van der Waals surface area contributed by atoms with E-state index in [0.29, 0.717) is 25.5 Å². The number of hydrogen-bond acceptors (Lipinski definition) is 5. The summed E-state index contributed by atoms with van der Waals surface area (Å²) in [6, 6.07) is 11.5. The van der Waals surface area contributed by atoms with Crippen LogP contribution in [0.3, 0.4) is 0 Å². The highest BCUT2D eigenvalue weighted by atomic mass is 16.5. The van der Waals surface area contributed by atoms with Gasteiger partial charge >= 0.3 is 0 Å². The van der Waals surface area contributed by atoms with Gasteiger partial charge in [-0.2, -0.15) is 0 Å². The van der Waals surface area contributed by atoms with Crippen molar-refractivity contribution in [3.63, 3.8) is 0 Å². The largest absolute Gasteiger partial charge is 0.492 e. The zero-order chi connectivity index (χ0) is 20.6. The number of rotatable bonds is 9. The Morgan fingerprint density at radius 2 is 1.93 bits per heavy atom. The lowest BCUT2D eigenvalue weighted by atomic mass is 10.1. The Morgan fingerprint density at radius 3 is 2.63 bits per heavy atom. The van der Waals surface area contributed by atoms with Crippen molar-refractivity contribution in [2.45, 2.75) is 44.8 Å². The molecule has 0 bridgehead atoms. The van der Waals surface area contributed by atoms with Gasteiger partial charge in [-0.1, -0.05) is 18.6 Å². The van der Waals surface area contributed by atoms with Gasteiger partial charge in [0.2, 0.25) is 0 Å². The molecule has 6 heteroatoms. The summed E-state index contributed by atoms with van der Waals surface area (Å²) in [5, 5.41) is 0. The molecular weight excluding hydrogens is 380 g/mol. The van der Waals surface area contributed by atoms with Crippen molar-refractivity contribution >= 4 is 5.91 Å². The first-order valence-corrected chi connectivity index (χ1v) is 11.2. The van der Waals surface area contributed by atoms with E-state index in [1.165, 1.54) is 38.6 Å². The highest BCUT2D eigenvalue weighted by molar-refractivity contribution is 5.91. The first-order valence-electron chi connectivity index (χ1n) is 11.2. The van der Waals surface area contributed by atoms with E-state index in [1.54, 1.807) is 12.1 Å². The number of piperidine rings is 1. The van der Waals surface area contributed by atoms with E-state index in [2.05, 4.69) is 4.90 Å². The van der Waals surface area contributed by atoms with E-state index in [4.69, 9.17) is 13.9 Å². The molecule has 0 radical (unpaired) electrons. The van der Waals surface area contributed by atoms with Crippen LogP contribution >= 0.6 is 0 Å². The summed E-state index contributed by atoms with van der Waals surface area (Å²) >= 11 is 0. The van der Waals surface area contributed by atoms with Gasteiger partial charge in [0.15, 0.2) is 5.76 Å². The Balaban J connectivity index is 1.32. The predicted octanol–water partition coefficient (Wildman–Crippen LogP) is 3.97. The normalized spacial score (nSPS) is 19.7. The van der Waals surface area contributed by atoms with Crippen molar-refractivity contribution in [2.75, 3.05) is 39.4 Å². The molecule has 162 valence electrons. The number of benzene rings is 1. The van der Waals surface area contributed by atoms with Crippen molar-refractivity contribution in [3.05, 3.63) is 54.0 Å². The van der Waals surface area contributed by atoms with E-state index < -0.39 is 0 Å². The minimum absolute atomic E-state index is 0.0984. The number of amides is 1. The van der Waals surface area contributed by atoms with Crippen LogP contribution in [0.15, 0.2) is 47.1 Å². The number of carbonyl (C=O) groups is 1. The van der Waals surface area contributed by atoms with Crippen LogP contribution in [0.4, 0.5) is 0 Å². The second-order valence-corrected chi connectivity index (χ2v) is 8.19. The summed E-state index contributed by atoms with van der Waals surface area (Å²) in [5.41, 5.74) is 1.07. The second-order valence-electron chi connectivity index (χ2n) is 8.19. The van der Waals surface area contributed by atoms with E-state index >= 15 is 0 Å². The Morgan fingerprint density at radius 1 is 1.10 bits per heavy atom. The molecule has 0 unspecified atom stereocenters. The van der Waals surface area contributed by atoms with Gasteiger partial charge in [0.25, 0.3) is 5.91 Å². The summed E-state index contributed by atoms with van der Waals surface area (Å²) < 4.78 is 17.0. The summed E-state index contributed by atoms with van der Waals surface area (Å²) in [7, 11) is 0. The van der Waals surface area contributed by atoms with Gasteiger partial charge < -0.3 is 18.8 Å². The highest BCUT2D eigenvalue weighted by Crippen LogP contribution is 2.19. The molecule has 0 N–H and O–H groups in total. The minimum atomic E-state index is -0.0997. The maximum absolute atomic E-state index is 12.9. The number of hydrogen-bond donors (Lipinski definition) is 0. The average molecular weight is 413 g/mol. The van der Waals surface area contributed by atoms with Crippen molar-refractivity contribution < 1.29 is 18.7 Å². The molecule has 2 aromatic rings. The summed E-state index contributed by atoms with van der Waals surface area (Å²) in [4.78, 5) is 17.2. The molecule has 0 aliphatic carbocycles. The average Bonchev–Trinajstić information content (AvgIpc) is 3.49. The van der Waals surface area contributed by atoms with E-state index in [1.807, 2.05) is 29.2 Å². The fourth-order valence-electron chi connectivity index (χ4n) is 4.20. The lowest BCUT2D eigenvalue weighted by molar-refractivity contribution is 0.0484. The highest BCUT2D eigenvalue weighted by Gasteiger charge is 2.25. The third-order valence-corrected chi connectivity index (χ3v) is 5.89. The maximum Gasteiger partial charge on any atom is 0.289 e. The zero-order valence-corrected chi connectivity index (χ0v) is 17.6. The van der Waals surface area contributed by atoms with E-state index in [-0.39, 0.29) is 12.0 Å². The van der Waals surface area contributed by atoms with Crippen molar-refractivity contribution in [1.29, 1.82) is 0 Å². The van der Waals surface area contributed by atoms with Crippen LogP contribution in [0.5, 0.6) is 5.75 Å². The van der Waals surface area contributed by atoms with Crippen LogP contribution in [-0.2, 0) is 11.3 Å². The van der Waals surface area contributed by atoms with Crippen LogP contribution in [0.1, 0.15) is 48.2 Å². The lowest BCUT2D eigenvalue weighted by Crippen LogP contribution is -2.36. The van der Waals surface area contributed by atoms with Gasteiger partial charge in [0.05, 0.1) is 12.4 Å². The van der Waals surface area contributed by atoms with E-state index in [0.717, 1.165) is 37.3 Å². The number of ether oxygens (including phenoxy) is 2. The predicted molar refractivity (Wildman–Crippen MR) is 115 cm³/mol. The van der Waals surface area contributed by atoms with Crippen LogP contribution in [0.25, 0.3) is 0 Å². The zero-order valence-electron chi connectivity index (χ0n) is 17.6. The number of likely N-dealkylation sites (tertiary alicyclic amines) is 1. The molecule has 2 aliphatic heterocycles. The molecule has 1 aromatic carbocycles. The molecule has 2 aliphatic rings. The standard InChI is InChI=1S/C24H32N2O4/c27-24(23-7-5-16-30-23)26(19-22-6-4-15-28-22)18-20-8-10-21(11-9-20)29-17-14-25-12-2-1-3-13-25/h5,7-11,16,22H,1-4,6,12-15,17-19H2/t22-/m1/s1. The number of furan rings is 1. The quantitative estimate of drug-likeness (QED) is 0.624. The Hall–Kier alpha value is -2.31. The van der Waals surface area contributed by atoms with Crippen LogP contribution in [0.2, 0.25) is 0 Å². The molecular formula is C24H32N2O4. The number of nitrogens with zero attached hydrogens (tertiary/aromatic N) is 2. The summed E-state index contributed by atoms with van der Waals surface area (Å²) in [5.74, 6) is 1.14. The van der Waals surface area contributed by atoms with E-state index in [9.17, 15) is 4.79 Å². The minimum Gasteiger partial charge on any atom is -0.492 e. The third-order valence-electron chi connectivity index (χ3n) is 5.89. The molecule has 30 heavy (non-hydrogen) atoms. The van der Waals surface area contributed by atoms with Crippen LogP contribution in [-0.4, -0.2) is 61.2 Å². The monoisotopic (exact) mass is 412 g/mol. The molecule has 1 aromatic heterocycles. The number of carbonyl (C=O) groups excluding carboxylic acids is 1. The van der Waals surface area contributed by atoms with Crippen molar-refractivity contribution in [1.82, 2.24) is 9.80 Å². The smallest absolute Gasteiger partial charge is 0.289 e. The first-order chi connectivity index (χ1) is 14.8. The third kappa shape index (κ3) is 5.86. The molecule has 3 heterocycles. The Labute approximate surface area is 178 Å². The van der Waals surface area contributed by atoms with Crippen molar-refractivity contribution in [3.8, 4) is 5.75 Å². The SMILES string of the molecule is O=C(c1ccco1)N(Cc1ccc(OCCN2CCCCC2)cc1)C[C@H]1CCCO1. The molecule has 2 fully saturated rings. The molecule has 1 atom stereocenters. The fraction of sp³-hybridized carbons (Fsp3) is 0.542. The fourth-order valence-corrected chi connectivity index (χ4v) is 4.20.